The van der Waals surface area contributed by atoms with Gasteiger partial charge < -0.3 is 5.32 Å². The van der Waals surface area contributed by atoms with Gasteiger partial charge in [0.2, 0.25) is 0 Å². The van der Waals surface area contributed by atoms with E-state index in [0.717, 1.165) is 11.1 Å². The number of nitrogens with zero attached hydrogens (tertiary/aromatic N) is 3. The van der Waals surface area contributed by atoms with E-state index in [2.05, 4.69) is 16.5 Å². The van der Waals surface area contributed by atoms with E-state index in [4.69, 9.17) is 5.26 Å². The van der Waals surface area contributed by atoms with Crippen molar-refractivity contribution >= 4 is 11.6 Å². The number of carbonyl (C=O) groups excluding carboxylic acids is 1. The van der Waals surface area contributed by atoms with Crippen molar-refractivity contribution in [3.63, 3.8) is 0 Å². The maximum atomic E-state index is 12.5. The lowest BCUT2D eigenvalue weighted by Gasteiger charge is -2.24. The number of nitriles is 1. The van der Waals surface area contributed by atoms with Crippen molar-refractivity contribution < 1.29 is 4.79 Å². The van der Waals surface area contributed by atoms with E-state index in [1.165, 1.54) is 0 Å². The highest BCUT2D eigenvalue weighted by atomic mass is 16.2. The molecule has 1 amide bonds. The maximum Gasteiger partial charge on any atom is 0.251 e. The predicted molar refractivity (Wildman–Crippen MR) is 80.8 cm³/mol. The summed E-state index contributed by atoms with van der Waals surface area (Å²) in [5.41, 5.74) is 2.33. The molecule has 0 aliphatic carbocycles. The highest BCUT2D eigenvalue weighted by Crippen LogP contribution is 2.20. The zero-order valence-corrected chi connectivity index (χ0v) is 12.6. The minimum absolute atomic E-state index is 0.158. The second kappa shape index (κ2) is 5.41. The van der Waals surface area contributed by atoms with Gasteiger partial charge in [-0.05, 0) is 57.0 Å². The van der Waals surface area contributed by atoms with Crippen molar-refractivity contribution in [3.8, 4) is 6.07 Å². The Hall–Kier alpha value is -2.61. The Morgan fingerprint density at radius 1 is 1.38 bits per heavy atom. The molecule has 1 aromatic carbocycles. The van der Waals surface area contributed by atoms with Crippen LogP contribution in [0.15, 0.2) is 30.6 Å². The Balaban J connectivity index is 2.21. The van der Waals surface area contributed by atoms with Crippen LogP contribution in [0.4, 0.5) is 5.69 Å². The molecule has 0 aliphatic rings. The third-order valence-electron chi connectivity index (χ3n) is 3.44. The molecule has 0 spiro atoms. The minimum Gasteiger partial charge on any atom is -0.324 e. The number of amides is 1. The molecule has 2 rings (SSSR count). The number of aryl methyl sites for hydroxylation is 2. The van der Waals surface area contributed by atoms with Crippen molar-refractivity contribution in [2.45, 2.75) is 33.2 Å². The molecule has 0 fully saturated rings. The quantitative estimate of drug-likeness (QED) is 0.941. The van der Waals surface area contributed by atoms with Crippen LogP contribution in [0.5, 0.6) is 0 Å². The molecule has 0 atom stereocenters. The van der Waals surface area contributed by atoms with Crippen LogP contribution in [0.2, 0.25) is 0 Å². The van der Waals surface area contributed by atoms with Crippen LogP contribution >= 0.6 is 0 Å². The first-order valence-corrected chi connectivity index (χ1v) is 6.68. The molecule has 1 N–H and O–H groups in total. The summed E-state index contributed by atoms with van der Waals surface area (Å²) >= 11 is 0. The normalized spacial score (nSPS) is 11.0. The van der Waals surface area contributed by atoms with Crippen molar-refractivity contribution in [2.75, 3.05) is 5.32 Å². The molecule has 0 unspecified atom stereocenters. The summed E-state index contributed by atoms with van der Waals surface area (Å²) in [6, 6.07) is 7.33. The van der Waals surface area contributed by atoms with E-state index < -0.39 is 5.54 Å². The van der Waals surface area contributed by atoms with E-state index in [1.807, 2.05) is 33.9 Å². The van der Waals surface area contributed by atoms with Crippen molar-refractivity contribution in [1.82, 2.24) is 9.78 Å². The number of benzene rings is 1. The van der Waals surface area contributed by atoms with Crippen LogP contribution in [-0.2, 0) is 10.3 Å². The number of anilines is 1. The fourth-order valence-electron chi connectivity index (χ4n) is 1.97. The summed E-state index contributed by atoms with van der Waals surface area (Å²) in [5, 5.41) is 16.0. The number of carbonyl (C=O) groups is 1. The molecule has 5 heteroatoms. The molecule has 5 nitrogen and oxygen atoms in total. The predicted octanol–water partition coefficient (Wildman–Crippen LogP) is 2.75. The number of hydrogen-bond acceptors (Lipinski definition) is 3. The second-order valence-electron chi connectivity index (χ2n) is 5.62. The Morgan fingerprint density at radius 3 is 2.62 bits per heavy atom. The minimum atomic E-state index is -0.796. The van der Waals surface area contributed by atoms with Gasteiger partial charge in [0.05, 0.1) is 17.8 Å². The number of hydrogen-bond donors (Lipinski definition) is 1. The van der Waals surface area contributed by atoms with E-state index in [0.29, 0.717) is 11.3 Å². The topological polar surface area (TPSA) is 70.7 Å². The maximum absolute atomic E-state index is 12.5. The average Bonchev–Trinajstić information content (AvgIpc) is 2.86. The first kappa shape index (κ1) is 14.8. The van der Waals surface area contributed by atoms with Crippen LogP contribution < -0.4 is 5.32 Å². The number of aromatic nitrogens is 2. The van der Waals surface area contributed by atoms with Gasteiger partial charge in [0.1, 0.15) is 5.54 Å². The van der Waals surface area contributed by atoms with Gasteiger partial charge in [-0.25, -0.2) is 0 Å². The molecule has 0 saturated carbocycles. The smallest absolute Gasteiger partial charge is 0.251 e. The monoisotopic (exact) mass is 282 g/mol. The van der Waals surface area contributed by atoms with Gasteiger partial charge in [0.25, 0.3) is 5.91 Å². The summed E-state index contributed by atoms with van der Waals surface area (Å²) in [5.74, 6) is -0.158. The number of nitrogens with one attached hydrogen (secondary N) is 1. The van der Waals surface area contributed by atoms with Gasteiger partial charge in [-0.1, -0.05) is 0 Å². The van der Waals surface area contributed by atoms with Gasteiger partial charge in [0.15, 0.2) is 0 Å². The highest BCUT2D eigenvalue weighted by Gasteiger charge is 2.30. The van der Waals surface area contributed by atoms with E-state index >= 15 is 0 Å². The summed E-state index contributed by atoms with van der Waals surface area (Å²) in [6.07, 6.45) is 3.56. The molecule has 1 heterocycles. The Kier molecular flexibility index (Phi) is 3.81. The third-order valence-corrected chi connectivity index (χ3v) is 3.44. The summed E-state index contributed by atoms with van der Waals surface area (Å²) in [7, 11) is 0. The SMILES string of the molecule is Cc1cnn(C(C)(C)C(=O)Nc2ccc(C#N)c(C)c2)c1. The standard InChI is InChI=1S/C16H18N4O/c1-11-9-18-20(10-11)16(3,4)15(21)19-14-6-5-13(8-17)12(2)7-14/h5-7,9-10H,1-4H3,(H,19,21). The molecular weight excluding hydrogens is 264 g/mol. The second-order valence-corrected chi connectivity index (χ2v) is 5.62. The van der Waals surface area contributed by atoms with Gasteiger partial charge in [-0.15, -0.1) is 0 Å². The fraction of sp³-hybridized carbons (Fsp3) is 0.312. The Labute approximate surface area is 124 Å². The summed E-state index contributed by atoms with van der Waals surface area (Å²) < 4.78 is 1.65. The zero-order valence-electron chi connectivity index (χ0n) is 12.6. The molecule has 2 aromatic rings. The Bertz CT molecular complexity index is 722. The van der Waals surface area contributed by atoms with Gasteiger partial charge >= 0.3 is 0 Å². The van der Waals surface area contributed by atoms with Crippen molar-refractivity contribution in [1.29, 1.82) is 5.26 Å². The Morgan fingerprint density at radius 2 is 2.10 bits per heavy atom. The van der Waals surface area contributed by atoms with Crippen LogP contribution in [0.3, 0.4) is 0 Å². The average molecular weight is 282 g/mol. The molecule has 1 aromatic heterocycles. The first-order chi connectivity index (χ1) is 9.84. The molecule has 0 saturated heterocycles. The van der Waals surface area contributed by atoms with Crippen LogP contribution in [0.1, 0.15) is 30.5 Å². The van der Waals surface area contributed by atoms with Gasteiger partial charge in [-0.2, -0.15) is 10.4 Å². The lowest BCUT2D eigenvalue weighted by molar-refractivity contribution is -0.123. The highest BCUT2D eigenvalue weighted by molar-refractivity contribution is 5.96. The van der Waals surface area contributed by atoms with E-state index in [-0.39, 0.29) is 5.91 Å². The van der Waals surface area contributed by atoms with E-state index in [9.17, 15) is 4.79 Å². The molecule has 0 bridgehead atoms. The fourth-order valence-corrected chi connectivity index (χ4v) is 1.97. The number of rotatable bonds is 3. The molecular formula is C16H18N4O. The van der Waals surface area contributed by atoms with Crippen molar-refractivity contribution in [2.24, 2.45) is 0 Å². The largest absolute Gasteiger partial charge is 0.324 e. The van der Waals surface area contributed by atoms with Crippen LogP contribution in [0, 0.1) is 25.2 Å². The third kappa shape index (κ3) is 2.95. The van der Waals surface area contributed by atoms with Gasteiger partial charge in [0, 0.05) is 11.9 Å². The molecule has 0 aliphatic heterocycles. The summed E-state index contributed by atoms with van der Waals surface area (Å²) in [4.78, 5) is 12.5. The molecule has 21 heavy (non-hydrogen) atoms. The van der Waals surface area contributed by atoms with E-state index in [1.54, 1.807) is 29.1 Å². The lowest BCUT2D eigenvalue weighted by atomic mass is 10.0. The van der Waals surface area contributed by atoms with Crippen molar-refractivity contribution in [3.05, 3.63) is 47.3 Å². The molecule has 0 radical (unpaired) electrons. The van der Waals surface area contributed by atoms with Crippen LogP contribution in [-0.4, -0.2) is 15.7 Å². The van der Waals surface area contributed by atoms with Gasteiger partial charge in [-0.3, -0.25) is 9.48 Å². The van der Waals surface area contributed by atoms with Crippen LogP contribution in [0.25, 0.3) is 0 Å². The molecule has 108 valence electrons. The lowest BCUT2D eigenvalue weighted by Crippen LogP contribution is -2.40. The zero-order chi connectivity index (χ0) is 15.6. The first-order valence-electron chi connectivity index (χ1n) is 6.68. The summed E-state index contributed by atoms with van der Waals surface area (Å²) in [6.45, 7) is 7.40.